The van der Waals surface area contributed by atoms with Gasteiger partial charge < -0.3 is 15.7 Å². The molecule has 0 saturated carbocycles. The van der Waals surface area contributed by atoms with Crippen molar-refractivity contribution in [3.8, 4) is 11.1 Å². The predicted molar refractivity (Wildman–Crippen MR) is 150 cm³/mol. The number of aromatic nitrogens is 3. The monoisotopic (exact) mass is 589 g/mol. The van der Waals surface area contributed by atoms with Crippen molar-refractivity contribution in [3.63, 3.8) is 0 Å². The van der Waals surface area contributed by atoms with E-state index in [0.29, 0.717) is 28.9 Å². The number of carboxylic acid groups (broad SMARTS) is 1. The predicted octanol–water partition coefficient (Wildman–Crippen LogP) is 2.58. The first-order valence-corrected chi connectivity index (χ1v) is 13.1. The van der Waals surface area contributed by atoms with E-state index in [-0.39, 0.29) is 17.0 Å². The number of hydrogen-bond donors (Lipinski definition) is 3. The molecule has 0 unspecified atom stereocenters. The number of benzene rings is 2. The Balaban J connectivity index is 1.28. The summed E-state index contributed by atoms with van der Waals surface area (Å²) >= 11 is 6.06. The average molecular weight is 590 g/mol. The van der Waals surface area contributed by atoms with Crippen molar-refractivity contribution in [2.45, 2.75) is 31.3 Å². The number of rotatable bonds is 6. The van der Waals surface area contributed by atoms with E-state index < -0.39 is 52.5 Å². The molecule has 212 valence electrons. The standard InChI is InChI=1S/C29H21ClFN5O6/c30-24-18(3-1-5-21(24)31)19-12-35(28(42)36(26(19)40)14-23(38)39)13-22(37)33-17-7-6-15-10-29(11-16(15)9-17)20-4-2-8-32-25(20)34-27(29)41/h1-9,12H,10-11,13-14H2,(H,33,37)(H,38,39)(H,32,34,41)/t29-/m1/s1. The Hall–Kier alpha value is -5.10. The number of carboxylic acids is 1. The number of nitrogens with one attached hydrogen (secondary N) is 2. The van der Waals surface area contributed by atoms with Crippen LogP contribution in [-0.4, -0.2) is 37.0 Å². The molecule has 2 aromatic carbocycles. The summed E-state index contributed by atoms with van der Waals surface area (Å²) in [4.78, 5) is 67.7. The number of halogens is 2. The van der Waals surface area contributed by atoms with E-state index in [1.54, 1.807) is 24.4 Å². The van der Waals surface area contributed by atoms with Crippen LogP contribution in [0.3, 0.4) is 0 Å². The van der Waals surface area contributed by atoms with Crippen molar-refractivity contribution in [1.29, 1.82) is 0 Å². The van der Waals surface area contributed by atoms with Crippen LogP contribution in [0.2, 0.25) is 5.02 Å². The van der Waals surface area contributed by atoms with Gasteiger partial charge in [0.1, 0.15) is 24.7 Å². The molecule has 0 bridgehead atoms. The van der Waals surface area contributed by atoms with Crippen molar-refractivity contribution >= 4 is 40.9 Å². The second-order valence-corrected chi connectivity index (χ2v) is 10.5. The van der Waals surface area contributed by atoms with Crippen molar-refractivity contribution in [1.82, 2.24) is 14.1 Å². The number of carbonyl (C=O) groups is 3. The van der Waals surface area contributed by atoms with Crippen LogP contribution in [0.4, 0.5) is 15.9 Å². The Kier molecular flexibility index (Phi) is 6.49. The fourth-order valence-electron chi connectivity index (χ4n) is 5.64. The Bertz CT molecular complexity index is 1950. The van der Waals surface area contributed by atoms with Crippen LogP contribution in [0.1, 0.15) is 16.7 Å². The first kappa shape index (κ1) is 27.1. The molecule has 0 fully saturated rings. The third-order valence-corrected chi connectivity index (χ3v) is 7.93. The van der Waals surface area contributed by atoms with Gasteiger partial charge >= 0.3 is 11.7 Å². The molecule has 0 saturated heterocycles. The van der Waals surface area contributed by atoms with Gasteiger partial charge in [-0.25, -0.2) is 18.7 Å². The summed E-state index contributed by atoms with van der Waals surface area (Å²) in [5.41, 5.74) is -0.0631. The molecule has 3 heterocycles. The van der Waals surface area contributed by atoms with Crippen molar-refractivity contribution in [3.05, 3.63) is 109 Å². The highest BCUT2D eigenvalue weighted by Crippen LogP contribution is 2.46. The number of hydrogen-bond acceptors (Lipinski definition) is 6. The minimum atomic E-state index is -1.46. The maximum absolute atomic E-state index is 14.1. The molecule has 2 aromatic heterocycles. The molecule has 13 heteroatoms. The first-order valence-electron chi connectivity index (χ1n) is 12.8. The van der Waals surface area contributed by atoms with E-state index in [2.05, 4.69) is 15.6 Å². The first-order chi connectivity index (χ1) is 20.1. The molecule has 3 N–H and O–H groups in total. The van der Waals surface area contributed by atoms with E-state index in [4.69, 9.17) is 11.6 Å². The lowest BCUT2D eigenvalue weighted by molar-refractivity contribution is -0.137. The summed E-state index contributed by atoms with van der Waals surface area (Å²) in [5.74, 6) is -2.52. The number of fused-ring (bicyclic) bond motifs is 3. The van der Waals surface area contributed by atoms with Gasteiger partial charge in [0.05, 0.1) is 16.0 Å². The van der Waals surface area contributed by atoms with Crippen LogP contribution in [-0.2, 0) is 45.7 Å². The smallest absolute Gasteiger partial charge is 0.332 e. The van der Waals surface area contributed by atoms with Crippen LogP contribution in [0.15, 0.2) is 70.5 Å². The number of nitrogens with zero attached hydrogens (tertiary/aromatic N) is 3. The van der Waals surface area contributed by atoms with Gasteiger partial charge in [-0.2, -0.15) is 0 Å². The van der Waals surface area contributed by atoms with Gasteiger partial charge in [0.2, 0.25) is 11.8 Å². The average Bonchev–Trinajstić information content (AvgIpc) is 3.46. The summed E-state index contributed by atoms with van der Waals surface area (Å²) in [6.07, 6.45) is 3.56. The molecule has 11 nitrogen and oxygen atoms in total. The molecule has 1 atom stereocenters. The largest absolute Gasteiger partial charge is 0.480 e. The summed E-state index contributed by atoms with van der Waals surface area (Å²) in [7, 11) is 0. The van der Waals surface area contributed by atoms with Gasteiger partial charge in [-0.05, 0) is 48.2 Å². The molecule has 6 rings (SSSR count). The van der Waals surface area contributed by atoms with Crippen molar-refractivity contribution in [2.75, 3.05) is 10.6 Å². The number of aliphatic carboxylic acids is 1. The van der Waals surface area contributed by atoms with Gasteiger partial charge in [0.15, 0.2) is 0 Å². The Morgan fingerprint density at radius 1 is 1.05 bits per heavy atom. The van der Waals surface area contributed by atoms with Gasteiger partial charge in [-0.3, -0.25) is 23.7 Å². The molecule has 1 aliphatic heterocycles. The third kappa shape index (κ3) is 4.45. The molecule has 0 radical (unpaired) electrons. The van der Waals surface area contributed by atoms with E-state index >= 15 is 0 Å². The summed E-state index contributed by atoms with van der Waals surface area (Å²) in [6, 6.07) is 12.7. The molecule has 4 aromatic rings. The fourth-order valence-corrected chi connectivity index (χ4v) is 5.87. The highest BCUT2D eigenvalue weighted by Gasteiger charge is 2.51. The quantitative estimate of drug-likeness (QED) is 0.312. The highest BCUT2D eigenvalue weighted by molar-refractivity contribution is 6.33. The zero-order chi connectivity index (χ0) is 29.8. The summed E-state index contributed by atoms with van der Waals surface area (Å²) in [5, 5.41) is 14.4. The molecule has 1 aliphatic carbocycles. The third-order valence-electron chi connectivity index (χ3n) is 7.55. The molecule has 2 aliphatic rings. The maximum Gasteiger partial charge on any atom is 0.332 e. The Morgan fingerprint density at radius 2 is 1.83 bits per heavy atom. The zero-order valence-electron chi connectivity index (χ0n) is 21.7. The molecule has 42 heavy (non-hydrogen) atoms. The second kappa shape index (κ2) is 10.1. The molecular formula is C29H21ClFN5O6. The minimum absolute atomic E-state index is 0.0600. The van der Waals surface area contributed by atoms with Crippen LogP contribution in [0.5, 0.6) is 0 Å². The number of amides is 2. The van der Waals surface area contributed by atoms with Crippen LogP contribution < -0.4 is 21.9 Å². The van der Waals surface area contributed by atoms with Gasteiger partial charge in [-0.15, -0.1) is 0 Å². The van der Waals surface area contributed by atoms with Crippen LogP contribution in [0, 0.1) is 5.82 Å². The normalized spacial score (nSPS) is 16.7. The van der Waals surface area contributed by atoms with Crippen LogP contribution in [0.25, 0.3) is 11.1 Å². The summed E-state index contributed by atoms with van der Waals surface area (Å²) in [6.45, 7) is -1.56. The van der Waals surface area contributed by atoms with E-state index in [9.17, 15) is 33.5 Å². The van der Waals surface area contributed by atoms with Crippen LogP contribution >= 0.6 is 11.6 Å². The minimum Gasteiger partial charge on any atom is -0.480 e. The lowest BCUT2D eigenvalue weighted by atomic mass is 9.79. The lowest BCUT2D eigenvalue weighted by Crippen LogP contribution is -2.43. The number of carbonyl (C=O) groups excluding carboxylic acids is 2. The topological polar surface area (TPSA) is 152 Å². The van der Waals surface area contributed by atoms with Gasteiger partial charge in [0, 0.05) is 29.2 Å². The number of pyridine rings is 1. The molecule has 2 amide bonds. The van der Waals surface area contributed by atoms with Gasteiger partial charge in [0.25, 0.3) is 5.56 Å². The zero-order valence-corrected chi connectivity index (χ0v) is 22.4. The Morgan fingerprint density at radius 3 is 2.62 bits per heavy atom. The maximum atomic E-state index is 14.1. The Labute approximate surface area is 241 Å². The highest BCUT2D eigenvalue weighted by atomic mass is 35.5. The van der Waals surface area contributed by atoms with Crippen molar-refractivity contribution in [2.24, 2.45) is 0 Å². The van der Waals surface area contributed by atoms with E-state index in [0.717, 1.165) is 33.5 Å². The molecular weight excluding hydrogens is 569 g/mol. The van der Waals surface area contributed by atoms with Gasteiger partial charge in [-0.1, -0.05) is 35.9 Å². The fraction of sp³-hybridized carbons (Fsp3) is 0.172. The van der Waals surface area contributed by atoms with Crippen molar-refractivity contribution < 1.29 is 23.9 Å². The SMILES string of the molecule is O=C(O)Cn1c(=O)c(-c2cccc(F)c2Cl)cn(CC(=O)Nc2ccc3c(c2)C[C@@]2(C3)C(=O)Nc3ncccc32)c1=O. The second-order valence-electron chi connectivity index (χ2n) is 10.2. The molecule has 1 spiro atoms. The lowest BCUT2D eigenvalue weighted by Gasteiger charge is -2.20. The number of anilines is 2. The van der Waals surface area contributed by atoms with E-state index in [1.807, 2.05) is 12.1 Å². The van der Waals surface area contributed by atoms with E-state index in [1.165, 1.54) is 12.1 Å². The summed E-state index contributed by atoms with van der Waals surface area (Å²) < 4.78 is 15.4.